The third kappa shape index (κ3) is 3.86. The Hall–Kier alpha value is -3.14. The minimum atomic E-state index is -0.226. The molecule has 0 radical (unpaired) electrons. The van der Waals surface area contributed by atoms with Crippen LogP contribution in [0.15, 0.2) is 65.8 Å². The topological polar surface area (TPSA) is 46.4 Å². The van der Waals surface area contributed by atoms with Crippen LogP contribution in [0, 0.1) is 20.8 Å². The summed E-state index contributed by atoms with van der Waals surface area (Å²) < 4.78 is 2.15. The number of hydrogen-bond donors (Lipinski definition) is 1. The van der Waals surface area contributed by atoms with Gasteiger partial charge in [0.2, 0.25) is 0 Å². The van der Waals surface area contributed by atoms with Crippen molar-refractivity contribution in [2.45, 2.75) is 20.8 Å². The monoisotopic (exact) mass is 331 g/mol. The van der Waals surface area contributed by atoms with Crippen LogP contribution in [0.3, 0.4) is 0 Å². The number of hydrazone groups is 1. The molecule has 0 bridgehead atoms. The van der Waals surface area contributed by atoms with Gasteiger partial charge in [-0.25, -0.2) is 5.43 Å². The zero-order valence-corrected chi connectivity index (χ0v) is 14.7. The number of aryl methyl sites for hydroxylation is 3. The first-order valence-corrected chi connectivity index (χ1v) is 8.20. The Morgan fingerprint density at radius 2 is 1.48 bits per heavy atom. The Kier molecular flexibility index (Phi) is 4.80. The van der Waals surface area contributed by atoms with E-state index in [1.165, 1.54) is 5.56 Å². The summed E-state index contributed by atoms with van der Waals surface area (Å²) in [6.45, 7) is 6.16. The fourth-order valence-electron chi connectivity index (χ4n) is 2.72. The van der Waals surface area contributed by atoms with Crippen molar-refractivity contribution in [2.24, 2.45) is 5.10 Å². The summed E-state index contributed by atoms with van der Waals surface area (Å²) in [4.78, 5) is 12.2. The second-order valence-electron chi connectivity index (χ2n) is 6.11. The van der Waals surface area contributed by atoms with E-state index in [2.05, 4.69) is 41.1 Å². The lowest BCUT2D eigenvalue weighted by Gasteiger charge is -2.10. The molecule has 0 spiro atoms. The van der Waals surface area contributed by atoms with E-state index in [1.807, 2.05) is 55.5 Å². The molecule has 2 aromatic carbocycles. The van der Waals surface area contributed by atoms with Gasteiger partial charge in [0.05, 0.1) is 6.21 Å². The van der Waals surface area contributed by atoms with E-state index in [0.29, 0.717) is 5.56 Å². The molecule has 4 heteroatoms. The highest BCUT2D eigenvalue weighted by Gasteiger charge is 2.07. The van der Waals surface area contributed by atoms with Crippen molar-refractivity contribution >= 4 is 12.1 Å². The molecule has 0 saturated carbocycles. The van der Waals surface area contributed by atoms with Gasteiger partial charge in [0.25, 0.3) is 5.91 Å². The number of hydrogen-bond acceptors (Lipinski definition) is 2. The number of amides is 1. The molecular weight excluding hydrogens is 310 g/mol. The maximum atomic E-state index is 12.2. The fraction of sp³-hybridized carbons (Fsp3) is 0.143. The molecule has 0 unspecified atom stereocenters. The van der Waals surface area contributed by atoms with Crippen LogP contribution in [0.1, 0.15) is 32.9 Å². The van der Waals surface area contributed by atoms with Crippen LogP contribution in [-0.2, 0) is 0 Å². The number of nitrogens with zero attached hydrogens (tertiary/aromatic N) is 2. The Bertz CT molecular complexity index is 884. The summed E-state index contributed by atoms with van der Waals surface area (Å²) in [5.41, 5.74) is 8.64. The molecule has 1 N–H and O–H groups in total. The Morgan fingerprint density at radius 1 is 0.880 bits per heavy atom. The molecule has 3 aromatic rings. The van der Waals surface area contributed by atoms with Crippen molar-refractivity contribution in [3.05, 3.63) is 88.7 Å². The second-order valence-corrected chi connectivity index (χ2v) is 6.11. The largest absolute Gasteiger partial charge is 0.319 e. The van der Waals surface area contributed by atoms with Crippen molar-refractivity contribution in [1.82, 2.24) is 9.99 Å². The van der Waals surface area contributed by atoms with Gasteiger partial charge in [-0.15, -0.1) is 0 Å². The highest BCUT2D eigenvalue weighted by molar-refractivity contribution is 5.95. The molecule has 126 valence electrons. The standard InChI is InChI=1S/C21H21N3O/c1-15-4-8-18(9-5-15)14-22-23-21(25)19-10-12-20(13-11-19)24-16(2)6-7-17(24)3/h4-14H,1-3H3,(H,23,25). The maximum absolute atomic E-state index is 12.2. The number of aromatic nitrogens is 1. The van der Waals surface area contributed by atoms with Gasteiger partial charge in [-0.1, -0.05) is 29.8 Å². The molecule has 1 heterocycles. The van der Waals surface area contributed by atoms with Crippen LogP contribution in [-0.4, -0.2) is 16.7 Å². The SMILES string of the molecule is Cc1ccc(C=NNC(=O)c2ccc(-n3c(C)ccc3C)cc2)cc1. The molecular formula is C21H21N3O. The number of nitrogens with one attached hydrogen (secondary N) is 1. The average molecular weight is 331 g/mol. The zero-order valence-electron chi connectivity index (χ0n) is 14.7. The summed E-state index contributed by atoms with van der Waals surface area (Å²) >= 11 is 0. The van der Waals surface area contributed by atoms with Gasteiger partial charge >= 0.3 is 0 Å². The molecule has 0 aliphatic rings. The first-order chi connectivity index (χ1) is 12.0. The number of carbonyl (C=O) groups is 1. The van der Waals surface area contributed by atoms with Crippen LogP contribution in [0.5, 0.6) is 0 Å². The van der Waals surface area contributed by atoms with E-state index < -0.39 is 0 Å². The smallest absolute Gasteiger partial charge is 0.271 e. The van der Waals surface area contributed by atoms with Crippen LogP contribution in [0.25, 0.3) is 5.69 Å². The van der Waals surface area contributed by atoms with Gasteiger partial charge in [0.1, 0.15) is 0 Å². The fourth-order valence-corrected chi connectivity index (χ4v) is 2.72. The maximum Gasteiger partial charge on any atom is 0.271 e. The molecule has 0 fully saturated rings. The normalized spacial score (nSPS) is 11.0. The number of benzene rings is 2. The van der Waals surface area contributed by atoms with Gasteiger partial charge in [0.15, 0.2) is 0 Å². The Balaban J connectivity index is 1.68. The first kappa shape index (κ1) is 16.7. The summed E-state index contributed by atoms with van der Waals surface area (Å²) in [5.74, 6) is -0.226. The van der Waals surface area contributed by atoms with Crippen LogP contribution >= 0.6 is 0 Å². The van der Waals surface area contributed by atoms with Crippen LogP contribution in [0.2, 0.25) is 0 Å². The van der Waals surface area contributed by atoms with Crippen molar-refractivity contribution in [3.63, 3.8) is 0 Å². The van der Waals surface area contributed by atoms with Gasteiger partial charge < -0.3 is 4.57 Å². The summed E-state index contributed by atoms with van der Waals surface area (Å²) in [6.07, 6.45) is 1.64. The second kappa shape index (κ2) is 7.18. The molecule has 4 nitrogen and oxygen atoms in total. The van der Waals surface area contributed by atoms with Gasteiger partial charge in [-0.2, -0.15) is 5.10 Å². The predicted octanol–water partition coefficient (Wildman–Crippen LogP) is 4.17. The minimum absolute atomic E-state index is 0.226. The summed E-state index contributed by atoms with van der Waals surface area (Å²) in [6, 6.07) is 19.6. The van der Waals surface area contributed by atoms with Crippen LogP contribution in [0.4, 0.5) is 0 Å². The minimum Gasteiger partial charge on any atom is -0.319 e. The van der Waals surface area contributed by atoms with E-state index in [9.17, 15) is 4.79 Å². The molecule has 0 aliphatic carbocycles. The molecule has 25 heavy (non-hydrogen) atoms. The van der Waals surface area contributed by atoms with Gasteiger partial charge in [-0.05, 0) is 62.7 Å². The van der Waals surface area contributed by atoms with E-state index in [4.69, 9.17) is 0 Å². The van der Waals surface area contributed by atoms with Gasteiger partial charge in [-0.3, -0.25) is 4.79 Å². The molecule has 0 aliphatic heterocycles. The lowest BCUT2D eigenvalue weighted by molar-refractivity contribution is 0.0955. The predicted molar refractivity (Wildman–Crippen MR) is 101 cm³/mol. The van der Waals surface area contributed by atoms with E-state index in [-0.39, 0.29) is 5.91 Å². The van der Waals surface area contributed by atoms with E-state index in [0.717, 1.165) is 22.6 Å². The lowest BCUT2D eigenvalue weighted by atomic mass is 10.2. The Labute approximate surface area is 147 Å². The van der Waals surface area contributed by atoms with Crippen molar-refractivity contribution < 1.29 is 4.79 Å². The third-order valence-corrected chi connectivity index (χ3v) is 4.12. The van der Waals surface area contributed by atoms with Crippen molar-refractivity contribution in [3.8, 4) is 5.69 Å². The zero-order chi connectivity index (χ0) is 17.8. The highest BCUT2D eigenvalue weighted by atomic mass is 16.2. The molecule has 0 atom stereocenters. The van der Waals surface area contributed by atoms with Crippen molar-refractivity contribution in [2.75, 3.05) is 0 Å². The molecule has 0 saturated heterocycles. The van der Waals surface area contributed by atoms with E-state index in [1.54, 1.807) is 6.21 Å². The molecule has 1 amide bonds. The third-order valence-electron chi connectivity index (χ3n) is 4.12. The highest BCUT2D eigenvalue weighted by Crippen LogP contribution is 2.16. The molecule has 3 rings (SSSR count). The van der Waals surface area contributed by atoms with E-state index >= 15 is 0 Å². The quantitative estimate of drug-likeness (QED) is 0.566. The first-order valence-electron chi connectivity index (χ1n) is 8.20. The number of carbonyl (C=O) groups excluding carboxylic acids is 1. The van der Waals surface area contributed by atoms with Crippen molar-refractivity contribution in [1.29, 1.82) is 0 Å². The average Bonchev–Trinajstić information content (AvgIpc) is 2.95. The van der Waals surface area contributed by atoms with Gasteiger partial charge in [0, 0.05) is 22.6 Å². The number of rotatable bonds is 4. The molecule has 1 aromatic heterocycles. The lowest BCUT2D eigenvalue weighted by Crippen LogP contribution is -2.17. The summed E-state index contributed by atoms with van der Waals surface area (Å²) in [7, 11) is 0. The van der Waals surface area contributed by atoms with Crippen LogP contribution < -0.4 is 5.43 Å². The summed E-state index contributed by atoms with van der Waals surface area (Å²) in [5, 5.41) is 4.02. The Morgan fingerprint density at radius 3 is 2.08 bits per heavy atom.